The summed E-state index contributed by atoms with van der Waals surface area (Å²) in [5, 5.41) is 11.1. The first-order valence-corrected chi connectivity index (χ1v) is 5.24. The number of aromatic nitrogens is 1. The third-order valence-electron chi connectivity index (χ3n) is 2.72. The molecular formula is C11H9F2N3O3. The zero-order chi connectivity index (χ0) is 14.2. The smallest absolute Gasteiger partial charge is 0.335 e. The molecule has 19 heavy (non-hydrogen) atoms. The Hall–Kier alpha value is -2.38. The van der Waals surface area contributed by atoms with E-state index in [0.29, 0.717) is 0 Å². The lowest BCUT2D eigenvalue weighted by Gasteiger charge is -2.21. The number of pyridine rings is 1. The van der Waals surface area contributed by atoms with Crippen LogP contribution in [0.1, 0.15) is 23.0 Å². The fourth-order valence-electron chi connectivity index (χ4n) is 1.51. The molecule has 100 valence electrons. The van der Waals surface area contributed by atoms with Crippen LogP contribution < -0.4 is 5.32 Å². The van der Waals surface area contributed by atoms with Crippen LogP contribution in [0.15, 0.2) is 23.3 Å². The van der Waals surface area contributed by atoms with E-state index in [-0.39, 0.29) is 17.1 Å². The number of carboxylic acids is 1. The van der Waals surface area contributed by atoms with Crippen LogP contribution in [0.2, 0.25) is 0 Å². The molecule has 1 unspecified atom stereocenters. The van der Waals surface area contributed by atoms with Gasteiger partial charge in [0.2, 0.25) is 0 Å². The van der Waals surface area contributed by atoms with Gasteiger partial charge in [0.25, 0.3) is 12.3 Å². The molecule has 6 nitrogen and oxygen atoms in total. The Balaban J connectivity index is 2.35. The van der Waals surface area contributed by atoms with Gasteiger partial charge in [-0.2, -0.15) is 4.99 Å². The Morgan fingerprint density at radius 3 is 2.74 bits per heavy atom. The Morgan fingerprint density at radius 1 is 1.53 bits per heavy atom. The number of halogens is 2. The average molecular weight is 269 g/mol. The molecule has 1 aliphatic heterocycles. The minimum absolute atomic E-state index is 0.0256. The molecule has 1 aromatic heterocycles. The topological polar surface area (TPSA) is 91.7 Å². The van der Waals surface area contributed by atoms with E-state index >= 15 is 0 Å². The Labute approximate surface area is 106 Å². The number of nitrogens with zero attached hydrogens (tertiary/aromatic N) is 2. The summed E-state index contributed by atoms with van der Waals surface area (Å²) in [7, 11) is 0. The van der Waals surface area contributed by atoms with Crippen molar-refractivity contribution in [3.05, 3.63) is 29.6 Å². The summed E-state index contributed by atoms with van der Waals surface area (Å²) >= 11 is 0. The van der Waals surface area contributed by atoms with Gasteiger partial charge in [0.1, 0.15) is 5.69 Å². The molecule has 2 N–H and O–H groups in total. The molecule has 1 aromatic rings. The number of hydrogen-bond acceptors (Lipinski definition) is 4. The van der Waals surface area contributed by atoms with Crippen molar-refractivity contribution in [1.82, 2.24) is 10.3 Å². The number of aromatic carboxylic acids is 1. The number of aliphatic imine (C=N–C) groups is 1. The molecule has 2 heterocycles. The predicted molar refractivity (Wildman–Crippen MR) is 60.3 cm³/mol. The first kappa shape index (κ1) is 13.1. The molecule has 0 aliphatic carbocycles. The van der Waals surface area contributed by atoms with Gasteiger partial charge in [-0.25, -0.2) is 13.6 Å². The van der Waals surface area contributed by atoms with Crippen molar-refractivity contribution in [1.29, 1.82) is 0 Å². The molecule has 0 bridgehead atoms. The highest BCUT2D eigenvalue weighted by Gasteiger charge is 2.48. The zero-order valence-electron chi connectivity index (χ0n) is 9.72. The summed E-state index contributed by atoms with van der Waals surface area (Å²) in [6, 6.07) is 2.40. The van der Waals surface area contributed by atoms with E-state index in [1.807, 2.05) is 0 Å². The number of nitrogens with one attached hydrogen (secondary N) is 1. The largest absolute Gasteiger partial charge is 0.478 e. The Kier molecular flexibility index (Phi) is 3.01. The van der Waals surface area contributed by atoms with Gasteiger partial charge in [-0.3, -0.25) is 9.78 Å². The number of hydrogen-bond donors (Lipinski definition) is 2. The standard InChI is InChI=1S/C11H9F2N3O3/c1-11(9(12)13)10(19)15-7(16-11)6-4-5(8(17)18)2-3-14-6/h2-4,9H,1H3,(H,17,18)(H,15,16,19). The van der Waals surface area contributed by atoms with Crippen molar-refractivity contribution in [3.63, 3.8) is 0 Å². The van der Waals surface area contributed by atoms with Crippen LogP contribution in [0.25, 0.3) is 0 Å². The molecule has 1 aliphatic rings. The lowest BCUT2D eigenvalue weighted by atomic mass is 10.0. The van der Waals surface area contributed by atoms with Gasteiger partial charge in [-0.15, -0.1) is 0 Å². The van der Waals surface area contributed by atoms with Crippen LogP contribution in [0, 0.1) is 0 Å². The number of amidine groups is 1. The van der Waals surface area contributed by atoms with Crippen molar-refractivity contribution >= 4 is 17.7 Å². The normalized spacial score (nSPS) is 22.3. The van der Waals surface area contributed by atoms with E-state index in [2.05, 4.69) is 15.3 Å². The van der Waals surface area contributed by atoms with E-state index < -0.39 is 23.8 Å². The van der Waals surface area contributed by atoms with Crippen LogP contribution in [0.4, 0.5) is 8.78 Å². The second-order valence-corrected chi connectivity index (χ2v) is 4.13. The van der Waals surface area contributed by atoms with Crippen molar-refractivity contribution in [2.24, 2.45) is 4.99 Å². The van der Waals surface area contributed by atoms with Crippen LogP contribution in [-0.4, -0.2) is 39.8 Å². The lowest BCUT2D eigenvalue weighted by Crippen LogP contribution is -2.51. The number of carbonyl (C=O) groups excluding carboxylic acids is 1. The molecular weight excluding hydrogens is 260 g/mol. The van der Waals surface area contributed by atoms with Crippen molar-refractivity contribution in [2.45, 2.75) is 18.9 Å². The van der Waals surface area contributed by atoms with Crippen LogP contribution in [0.5, 0.6) is 0 Å². The van der Waals surface area contributed by atoms with Gasteiger partial charge in [0, 0.05) is 6.20 Å². The molecule has 0 aromatic carbocycles. The number of rotatable bonds is 3. The van der Waals surface area contributed by atoms with Gasteiger partial charge in [0.15, 0.2) is 11.4 Å². The van der Waals surface area contributed by atoms with Crippen LogP contribution >= 0.6 is 0 Å². The maximum absolute atomic E-state index is 12.8. The summed E-state index contributed by atoms with van der Waals surface area (Å²) in [5.41, 5.74) is -2.15. The first-order valence-electron chi connectivity index (χ1n) is 5.24. The van der Waals surface area contributed by atoms with Crippen LogP contribution in [0.3, 0.4) is 0 Å². The molecule has 1 atom stereocenters. The van der Waals surface area contributed by atoms with E-state index in [0.717, 1.165) is 13.0 Å². The van der Waals surface area contributed by atoms with Gasteiger partial charge in [-0.1, -0.05) is 0 Å². The summed E-state index contributed by atoms with van der Waals surface area (Å²) in [6.45, 7) is 1.03. The summed E-state index contributed by atoms with van der Waals surface area (Å²) in [6.07, 6.45) is -1.74. The Morgan fingerprint density at radius 2 is 2.21 bits per heavy atom. The fourth-order valence-corrected chi connectivity index (χ4v) is 1.51. The second-order valence-electron chi connectivity index (χ2n) is 4.13. The van der Waals surface area contributed by atoms with Gasteiger partial charge in [0.05, 0.1) is 5.56 Å². The minimum atomic E-state index is -2.94. The molecule has 1 amide bonds. The number of carboxylic acid groups (broad SMARTS) is 1. The maximum Gasteiger partial charge on any atom is 0.335 e. The summed E-state index contributed by atoms with van der Waals surface area (Å²) < 4.78 is 25.6. The van der Waals surface area contributed by atoms with E-state index in [9.17, 15) is 18.4 Å². The highest BCUT2D eigenvalue weighted by atomic mass is 19.3. The lowest BCUT2D eigenvalue weighted by molar-refractivity contribution is -0.127. The van der Waals surface area contributed by atoms with Crippen LogP contribution in [-0.2, 0) is 4.79 Å². The number of alkyl halides is 2. The van der Waals surface area contributed by atoms with Gasteiger partial charge < -0.3 is 10.4 Å². The fraction of sp³-hybridized carbons (Fsp3) is 0.273. The minimum Gasteiger partial charge on any atom is -0.478 e. The third-order valence-corrected chi connectivity index (χ3v) is 2.72. The van der Waals surface area contributed by atoms with Crippen molar-refractivity contribution in [2.75, 3.05) is 0 Å². The zero-order valence-corrected chi connectivity index (χ0v) is 9.72. The molecule has 0 spiro atoms. The molecule has 0 saturated carbocycles. The van der Waals surface area contributed by atoms with E-state index in [1.54, 1.807) is 0 Å². The van der Waals surface area contributed by atoms with Gasteiger partial charge in [-0.05, 0) is 19.1 Å². The highest BCUT2D eigenvalue weighted by Crippen LogP contribution is 2.23. The maximum atomic E-state index is 12.8. The molecule has 0 fully saturated rings. The number of amides is 1. The first-order chi connectivity index (χ1) is 8.84. The molecule has 0 saturated heterocycles. The van der Waals surface area contributed by atoms with Crippen molar-refractivity contribution < 1.29 is 23.5 Å². The quantitative estimate of drug-likeness (QED) is 0.841. The summed E-state index contributed by atoms with van der Waals surface area (Å²) in [4.78, 5) is 29.5. The average Bonchev–Trinajstić information content (AvgIpc) is 2.67. The highest BCUT2D eigenvalue weighted by molar-refractivity contribution is 6.13. The molecule has 8 heteroatoms. The SMILES string of the molecule is CC1(C(F)F)NC(c2cc(C(=O)O)ccn2)=NC1=O. The van der Waals surface area contributed by atoms with E-state index in [1.165, 1.54) is 12.3 Å². The monoisotopic (exact) mass is 269 g/mol. The van der Waals surface area contributed by atoms with E-state index in [4.69, 9.17) is 5.11 Å². The predicted octanol–water partition coefficient (Wildman–Crippen LogP) is 0.680. The summed E-state index contributed by atoms with van der Waals surface area (Å²) in [5.74, 6) is -2.36. The Bertz CT molecular complexity index is 588. The third kappa shape index (κ3) is 2.16. The molecule has 0 radical (unpaired) electrons. The number of carbonyl (C=O) groups is 2. The second kappa shape index (κ2) is 4.38. The van der Waals surface area contributed by atoms with Crippen molar-refractivity contribution in [3.8, 4) is 0 Å². The molecule has 2 rings (SSSR count). The van der Waals surface area contributed by atoms with Gasteiger partial charge >= 0.3 is 5.97 Å².